The van der Waals surface area contributed by atoms with Crippen molar-refractivity contribution in [1.29, 1.82) is 0 Å². The normalized spacial score (nSPS) is 32.8. The van der Waals surface area contributed by atoms with Crippen molar-refractivity contribution in [2.45, 2.75) is 76.8 Å². The molecule has 0 saturated heterocycles. The first kappa shape index (κ1) is 12.9. The van der Waals surface area contributed by atoms with Gasteiger partial charge in [0.15, 0.2) is 0 Å². The van der Waals surface area contributed by atoms with Gasteiger partial charge in [0, 0.05) is 0 Å². The van der Waals surface area contributed by atoms with E-state index >= 15 is 0 Å². The van der Waals surface area contributed by atoms with Crippen LogP contribution in [0.25, 0.3) is 0 Å². The van der Waals surface area contributed by atoms with Gasteiger partial charge in [-0.1, -0.05) is 26.7 Å². The van der Waals surface area contributed by atoms with Crippen LogP contribution in [0.2, 0.25) is 0 Å². The molecule has 0 unspecified atom stereocenters. The van der Waals surface area contributed by atoms with E-state index in [2.05, 4.69) is 13.8 Å². The molecule has 0 nitrogen and oxygen atoms in total. The van der Waals surface area contributed by atoms with Crippen molar-refractivity contribution in [2.24, 2.45) is 5.92 Å². The SMILES string of the molecule is CCCCP(CCCC)C12CCC(CC1)C2. The number of rotatable bonds is 7. The van der Waals surface area contributed by atoms with Gasteiger partial charge in [-0.2, -0.15) is 0 Å². The highest BCUT2D eigenvalue weighted by molar-refractivity contribution is 7.59. The van der Waals surface area contributed by atoms with Crippen LogP contribution < -0.4 is 0 Å². The van der Waals surface area contributed by atoms with Crippen LogP contribution in [-0.4, -0.2) is 17.5 Å². The summed E-state index contributed by atoms with van der Waals surface area (Å²) in [4.78, 5) is 0. The van der Waals surface area contributed by atoms with Crippen molar-refractivity contribution >= 4 is 7.92 Å². The smallest absolute Gasteiger partial charge is 0.00916 e. The highest BCUT2D eigenvalue weighted by Crippen LogP contribution is 2.66. The minimum absolute atomic E-state index is 0.384. The molecule has 0 aromatic heterocycles. The van der Waals surface area contributed by atoms with E-state index in [9.17, 15) is 0 Å². The van der Waals surface area contributed by atoms with Gasteiger partial charge in [0.05, 0.1) is 0 Å². The average Bonchev–Trinajstić information content (AvgIpc) is 2.90. The molecule has 0 amide bonds. The molecule has 0 heterocycles. The minimum Gasteiger partial charge on any atom is -0.100 e. The summed E-state index contributed by atoms with van der Waals surface area (Å²) in [5.74, 6) is 1.15. The van der Waals surface area contributed by atoms with Gasteiger partial charge < -0.3 is 0 Å². The highest BCUT2D eigenvalue weighted by Gasteiger charge is 2.48. The molecule has 2 aliphatic rings. The predicted octanol–water partition coefficient (Wildman–Crippen LogP) is 5.40. The van der Waals surface area contributed by atoms with Crippen LogP contribution in [0, 0.1) is 5.92 Å². The van der Waals surface area contributed by atoms with Crippen LogP contribution in [0.3, 0.4) is 0 Å². The second-order valence-corrected chi connectivity index (χ2v) is 8.99. The molecule has 0 radical (unpaired) electrons. The zero-order valence-electron chi connectivity index (χ0n) is 11.3. The van der Waals surface area contributed by atoms with E-state index in [0.717, 1.165) is 11.1 Å². The number of unbranched alkanes of at least 4 members (excludes halogenated alkanes) is 2. The molecule has 0 atom stereocenters. The Labute approximate surface area is 103 Å². The fourth-order valence-electron chi connectivity index (χ4n) is 3.89. The van der Waals surface area contributed by atoms with Gasteiger partial charge >= 0.3 is 0 Å². The molecular weight excluding hydrogens is 211 g/mol. The lowest BCUT2D eigenvalue weighted by atomic mass is 10.0. The largest absolute Gasteiger partial charge is 0.100 e. The van der Waals surface area contributed by atoms with E-state index < -0.39 is 0 Å². The van der Waals surface area contributed by atoms with Crippen molar-refractivity contribution in [3.05, 3.63) is 0 Å². The van der Waals surface area contributed by atoms with Crippen LogP contribution in [0.15, 0.2) is 0 Å². The monoisotopic (exact) mass is 240 g/mol. The number of hydrogen-bond acceptors (Lipinski definition) is 0. The minimum atomic E-state index is 0.384. The summed E-state index contributed by atoms with van der Waals surface area (Å²) in [7, 11) is 0.384. The summed E-state index contributed by atoms with van der Waals surface area (Å²) < 4.78 is 0. The third-order valence-corrected chi connectivity index (χ3v) is 8.62. The van der Waals surface area contributed by atoms with E-state index in [1.165, 1.54) is 25.7 Å². The molecule has 2 rings (SSSR count). The maximum atomic E-state index is 2.36. The lowest BCUT2D eigenvalue weighted by Gasteiger charge is -2.37. The van der Waals surface area contributed by atoms with Crippen molar-refractivity contribution in [3.8, 4) is 0 Å². The average molecular weight is 240 g/mol. The quantitative estimate of drug-likeness (QED) is 0.522. The number of fused-ring (bicyclic) bond motifs is 2. The molecule has 0 spiro atoms. The third kappa shape index (κ3) is 2.63. The predicted molar refractivity (Wildman–Crippen MR) is 75.8 cm³/mol. The topological polar surface area (TPSA) is 0 Å². The fourth-order valence-corrected chi connectivity index (χ4v) is 7.87. The van der Waals surface area contributed by atoms with Gasteiger partial charge in [-0.3, -0.25) is 0 Å². The number of hydrogen-bond donors (Lipinski definition) is 0. The first-order chi connectivity index (χ1) is 7.80. The van der Waals surface area contributed by atoms with Gasteiger partial charge in [-0.15, -0.1) is 7.92 Å². The van der Waals surface area contributed by atoms with Gasteiger partial charge in [0.1, 0.15) is 0 Å². The zero-order valence-corrected chi connectivity index (χ0v) is 12.2. The zero-order chi connectivity index (χ0) is 11.4. The van der Waals surface area contributed by atoms with Crippen molar-refractivity contribution in [1.82, 2.24) is 0 Å². The molecule has 2 saturated carbocycles. The summed E-state index contributed by atoms with van der Waals surface area (Å²) in [5.41, 5.74) is 0. The summed E-state index contributed by atoms with van der Waals surface area (Å²) in [6.45, 7) is 4.72. The highest BCUT2D eigenvalue weighted by atomic mass is 31.1. The van der Waals surface area contributed by atoms with Crippen LogP contribution in [0.5, 0.6) is 0 Å². The van der Waals surface area contributed by atoms with Crippen molar-refractivity contribution < 1.29 is 0 Å². The Morgan fingerprint density at radius 1 is 1.00 bits per heavy atom. The van der Waals surface area contributed by atoms with Gasteiger partial charge in [-0.05, 0) is 68.3 Å². The Bertz CT molecular complexity index is 195. The van der Waals surface area contributed by atoms with Crippen LogP contribution in [0.4, 0.5) is 0 Å². The maximum Gasteiger partial charge on any atom is -0.00916 e. The Kier molecular flexibility index (Phi) is 4.71. The van der Waals surface area contributed by atoms with E-state index in [4.69, 9.17) is 0 Å². The molecule has 0 aromatic carbocycles. The molecule has 2 aliphatic carbocycles. The van der Waals surface area contributed by atoms with E-state index in [-0.39, 0.29) is 0 Å². The van der Waals surface area contributed by atoms with Crippen molar-refractivity contribution in [2.75, 3.05) is 12.3 Å². The Balaban J connectivity index is 1.93. The first-order valence-corrected chi connectivity index (χ1v) is 9.27. The molecule has 2 bridgehead atoms. The Morgan fingerprint density at radius 2 is 1.56 bits per heavy atom. The summed E-state index contributed by atoms with van der Waals surface area (Å²) in [6.07, 6.45) is 17.0. The lowest BCUT2D eigenvalue weighted by molar-refractivity contribution is 0.495. The molecule has 0 aliphatic heterocycles. The van der Waals surface area contributed by atoms with Crippen molar-refractivity contribution in [3.63, 3.8) is 0 Å². The Morgan fingerprint density at radius 3 is 1.94 bits per heavy atom. The first-order valence-electron chi connectivity index (χ1n) is 7.56. The molecule has 1 heteroatoms. The van der Waals surface area contributed by atoms with Gasteiger partial charge in [-0.25, -0.2) is 0 Å². The molecule has 16 heavy (non-hydrogen) atoms. The van der Waals surface area contributed by atoms with Crippen LogP contribution >= 0.6 is 7.92 Å². The summed E-state index contributed by atoms with van der Waals surface area (Å²) in [5, 5.41) is 0.893. The van der Waals surface area contributed by atoms with E-state index in [1.807, 2.05) is 0 Å². The Hall–Kier alpha value is 0.430. The fraction of sp³-hybridized carbons (Fsp3) is 1.00. The summed E-state index contributed by atoms with van der Waals surface area (Å²) >= 11 is 0. The van der Waals surface area contributed by atoms with E-state index in [1.54, 1.807) is 44.4 Å². The standard InChI is InChI=1S/C15H29P/c1-3-5-11-16(12-6-4-2)15-9-7-14(13-15)8-10-15/h14H,3-13H2,1-2H3. The third-order valence-electron chi connectivity index (χ3n) is 4.94. The molecular formula is C15H29P. The second kappa shape index (κ2) is 5.85. The van der Waals surface area contributed by atoms with E-state index in [0.29, 0.717) is 7.92 Å². The maximum absolute atomic E-state index is 2.36. The molecule has 0 N–H and O–H groups in total. The molecule has 94 valence electrons. The van der Waals surface area contributed by atoms with Gasteiger partial charge in [0.25, 0.3) is 0 Å². The van der Waals surface area contributed by atoms with Crippen LogP contribution in [-0.2, 0) is 0 Å². The van der Waals surface area contributed by atoms with Gasteiger partial charge in [0.2, 0.25) is 0 Å². The molecule has 0 aromatic rings. The van der Waals surface area contributed by atoms with Crippen LogP contribution in [0.1, 0.15) is 71.6 Å². The lowest BCUT2D eigenvalue weighted by Crippen LogP contribution is -2.23. The summed E-state index contributed by atoms with van der Waals surface area (Å²) in [6, 6.07) is 0. The second-order valence-electron chi connectivity index (χ2n) is 6.07. The molecule has 2 fully saturated rings.